The van der Waals surface area contributed by atoms with Gasteiger partial charge in [0.2, 0.25) is 0 Å². The van der Waals surface area contributed by atoms with Gasteiger partial charge in [-0.3, -0.25) is 0 Å². The third-order valence-electron chi connectivity index (χ3n) is 3.91. The molecule has 1 aromatic heterocycles. The molecule has 0 N–H and O–H groups in total. The molecule has 0 saturated heterocycles. The van der Waals surface area contributed by atoms with Crippen LogP contribution in [0.1, 0.15) is 11.1 Å². The van der Waals surface area contributed by atoms with E-state index in [0.717, 1.165) is 21.2 Å². The van der Waals surface area contributed by atoms with Crippen molar-refractivity contribution in [3.63, 3.8) is 0 Å². The molecule has 0 aliphatic heterocycles. The summed E-state index contributed by atoms with van der Waals surface area (Å²) >= 11 is 11.8. The molecule has 0 bridgehead atoms. The number of rotatable bonds is 8. The highest BCUT2D eigenvalue weighted by Crippen LogP contribution is 2.13. The fraction of sp³-hybridized carbons (Fsp3) is 0.136. The van der Waals surface area contributed by atoms with Gasteiger partial charge in [-0.2, -0.15) is 0 Å². The molecular formula is C22H20Cl2N2O. The van der Waals surface area contributed by atoms with Gasteiger partial charge in [0.05, 0.1) is 25.6 Å². The van der Waals surface area contributed by atoms with E-state index in [2.05, 4.69) is 11.1 Å². The third-order valence-corrected chi connectivity index (χ3v) is 4.41. The van der Waals surface area contributed by atoms with Crippen LogP contribution in [0.15, 0.2) is 79.4 Å². The van der Waals surface area contributed by atoms with Crippen molar-refractivity contribution in [1.29, 1.82) is 0 Å². The highest BCUT2D eigenvalue weighted by molar-refractivity contribution is 6.30. The maximum atomic E-state index is 6.03. The summed E-state index contributed by atoms with van der Waals surface area (Å²) in [5.41, 5.74) is 2.17. The van der Waals surface area contributed by atoms with E-state index in [-0.39, 0.29) is 6.10 Å². The van der Waals surface area contributed by atoms with E-state index < -0.39 is 0 Å². The van der Waals surface area contributed by atoms with Gasteiger partial charge in [-0.25, -0.2) is 4.98 Å². The number of halogens is 2. The highest BCUT2D eigenvalue weighted by Gasteiger charge is 2.05. The number of aromatic nitrogens is 2. The molecule has 2 aromatic carbocycles. The van der Waals surface area contributed by atoms with Gasteiger partial charge in [0.25, 0.3) is 0 Å². The van der Waals surface area contributed by atoms with E-state index in [1.807, 2.05) is 77.5 Å². The lowest BCUT2D eigenvalue weighted by molar-refractivity contribution is 0.0968. The second kappa shape index (κ2) is 10.1. The second-order valence-electron chi connectivity index (χ2n) is 6.00. The second-order valence-corrected chi connectivity index (χ2v) is 6.87. The molecule has 3 rings (SSSR count). The number of benzene rings is 2. The summed E-state index contributed by atoms with van der Waals surface area (Å²) in [6, 6.07) is 15.4. The molecule has 0 aliphatic carbocycles. The van der Waals surface area contributed by atoms with E-state index in [1.165, 1.54) is 0 Å². The molecule has 1 heterocycles. The molecule has 0 fully saturated rings. The molecular weight excluding hydrogens is 379 g/mol. The number of hydrogen-bond donors (Lipinski definition) is 0. The number of ether oxygens (including phenoxy) is 1. The Labute approximate surface area is 169 Å². The summed E-state index contributed by atoms with van der Waals surface area (Å²) in [6.07, 6.45) is 13.5. The van der Waals surface area contributed by atoms with Crippen molar-refractivity contribution in [1.82, 2.24) is 9.55 Å². The molecule has 0 amide bonds. The normalized spacial score (nSPS) is 12.8. The first-order chi connectivity index (χ1) is 13.2. The maximum absolute atomic E-state index is 6.03. The van der Waals surface area contributed by atoms with Gasteiger partial charge in [-0.05, 0) is 35.4 Å². The number of imidazole rings is 1. The summed E-state index contributed by atoms with van der Waals surface area (Å²) in [5, 5.41) is 1.46. The Hall–Kier alpha value is -2.33. The van der Waals surface area contributed by atoms with Crippen LogP contribution in [0.4, 0.5) is 0 Å². The maximum Gasteiger partial charge on any atom is 0.0946 e. The molecule has 0 aliphatic rings. The zero-order valence-electron chi connectivity index (χ0n) is 14.7. The van der Waals surface area contributed by atoms with Crippen molar-refractivity contribution in [2.75, 3.05) is 6.61 Å². The summed E-state index contributed by atoms with van der Waals surface area (Å²) in [6.45, 7) is 1.20. The molecule has 5 heteroatoms. The number of hydrogen-bond acceptors (Lipinski definition) is 2. The van der Waals surface area contributed by atoms with Crippen LogP contribution >= 0.6 is 23.2 Å². The number of nitrogens with zero attached hydrogens (tertiary/aromatic N) is 2. The molecule has 138 valence electrons. The minimum absolute atomic E-state index is 0.0789. The van der Waals surface area contributed by atoms with Crippen molar-refractivity contribution in [3.05, 3.63) is 101 Å². The van der Waals surface area contributed by atoms with Gasteiger partial charge in [0, 0.05) is 22.4 Å². The Kier molecular flexibility index (Phi) is 7.28. The summed E-state index contributed by atoms with van der Waals surface area (Å²) < 4.78 is 8.03. The Bertz CT molecular complexity index is 870. The topological polar surface area (TPSA) is 27.1 Å². The van der Waals surface area contributed by atoms with E-state index in [4.69, 9.17) is 27.9 Å². The Balaban J connectivity index is 1.60. The average molecular weight is 399 g/mol. The van der Waals surface area contributed by atoms with Crippen LogP contribution in [0.2, 0.25) is 10.0 Å². The first-order valence-electron chi connectivity index (χ1n) is 8.62. The highest BCUT2D eigenvalue weighted by atomic mass is 35.5. The van der Waals surface area contributed by atoms with Gasteiger partial charge in [-0.15, -0.1) is 0 Å². The van der Waals surface area contributed by atoms with Gasteiger partial charge < -0.3 is 9.30 Å². The van der Waals surface area contributed by atoms with Crippen LogP contribution < -0.4 is 0 Å². The smallest absolute Gasteiger partial charge is 0.0946 e. The predicted molar refractivity (Wildman–Crippen MR) is 113 cm³/mol. The van der Waals surface area contributed by atoms with Crippen molar-refractivity contribution < 1.29 is 4.74 Å². The SMILES string of the molecule is Clc1ccc(C=CC(Cn2ccnc2)OC/C=C/c2ccc(Cl)cc2)cc1. The lowest BCUT2D eigenvalue weighted by atomic mass is 10.2. The first-order valence-corrected chi connectivity index (χ1v) is 9.38. The van der Waals surface area contributed by atoms with Crippen molar-refractivity contribution in [2.45, 2.75) is 12.6 Å². The van der Waals surface area contributed by atoms with Gasteiger partial charge in [0.1, 0.15) is 0 Å². The Morgan fingerprint density at radius 3 is 2.15 bits per heavy atom. The van der Waals surface area contributed by atoms with Gasteiger partial charge >= 0.3 is 0 Å². The van der Waals surface area contributed by atoms with Crippen LogP contribution in [0.3, 0.4) is 0 Å². The lowest BCUT2D eigenvalue weighted by Crippen LogP contribution is -2.17. The Morgan fingerprint density at radius 1 is 0.926 bits per heavy atom. The molecule has 0 spiro atoms. The quantitative estimate of drug-likeness (QED) is 0.464. The molecule has 0 saturated carbocycles. The van der Waals surface area contributed by atoms with Crippen molar-refractivity contribution in [2.24, 2.45) is 0 Å². The lowest BCUT2D eigenvalue weighted by Gasteiger charge is -2.14. The van der Waals surface area contributed by atoms with Crippen LogP contribution in [-0.4, -0.2) is 22.3 Å². The fourth-order valence-corrected chi connectivity index (χ4v) is 2.75. The molecule has 0 radical (unpaired) electrons. The molecule has 1 atom stereocenters. The molecule has 3 nitrogen and oxygen atoms in total. The summed E-state index contributed by atoms with van der Waals surface area (Å²) in [7, 11) is 0. The summed E-state index contributed by atoms with van der Waals surface area (Å²) in [5.74, 6) is 0. The standard InChI is InChI=1S/C22H20Cl2N2O/c23-20-8-3-18(4-9-20)2-1-15-27-22(16-26-14-13-25-17-26)12-7-19-5-10-21(24)11-6-19/h1-14,17,22H,15-16H2/b2-1+,12-7?. The summed E-state index contributed by atoms with van der Waals surface area (Å²) in [4.78, 5) is 4.09. The predicted octanol–water partition coefficient (Wildman–Crippen LogP) is 6.00. The zero-order chi connectivity index (χ0) is 18.9. The first kappa shape index (κ1) is 19.4. The van der Waals surface area contributed by atoms with E-state index >= 15 is 0 Å². The monoisotopic (exact) mass is 398 g/mol. The van der Waals surface area contributed by atoms with E-state index in [0.29, 0.717) is 13.2 Å². The molecule has 3 aromatic rings. The van der Waals surface area contributed by atoms with Gasteiger partial charge in [0.15, 0.2) is 0 Å². The van der Waals surface area contributed by atoms with Gasteiger partial charge in [-0.1, -0.05) is 71.8 Å². The van der Waals surface area contributed by atoms with E-state index in [9.17, 15) is 0 Å². The van der Waals surface area contributed by atoms with Crippen molar-refractivity contribution in [3.8, 4) is 0 Å². The fourth-order valence-electron chi connectivity index (χ4n) is 2.50. The minimum Gasteiger partial charge on any atom is -0.368 e. The van der Waals surface area contributed by atoms with Crippen LogP contribution in [0.5, 0.6) is 0 Å². The third kappa shape index (κ3) is 6.72. The van der Waals surface area contributed by atoms with Crippen LogP contribution in [0, 0.1) is 0 Å². The van der Waals surface area contributed by atoms with Crippen molar-refractivity contribution >= 4 is 35.4 Å². The minimum atomic E-state index is -0.0789. The Morgan fingerprint density at radius 2 is 1.56 bits per heavy atom. The molecule has 1 unspecified atom stereocenters. The average Bonchev–Trinajstić information content (AvgIpc) is 3.19. The zero-order valence-corrected chi connectivity index (χ0v) is 16.2. The van der Waals surface area contributed by atoms with Crippen LogP contribution in [-0.2, 0) is 11.3 Å². The largest absolute Gasteiger partial charge is 0.368 e. The van der Waals surface area contributed by atoms with E-state index in [1.54, 1.807) is 12.5 Å². The van der Waals surface area contributed by atoms with Crippen LogP contribution in [0.25, 0.3) is 12.2 Å². The molecule has 27 heavy (non-hydrogen) atoms.